The van der Waals surface area contributed by atoms with Crippen LogP contribution in [0.5, 0.6) is 5.75 Å². The molecule has 0 fully saturated rings. The first kappa shape index (κ1) is 21.2. The molecule has 6 heteroatoms. The van der Waals surface area contributed by atoms with E-state index in [9.17, 15) is 5.11 Å². The number of anilines is 1. The van der Waals surface area contributed by atoms with E-state index in [2.05, 4.69) is 71.9 Å². The highest BCUT2D eigenvalue weighted by Crippen LogP contribution is 2.30. The Bertz CT molecular complexity index is 924. The van der Waals surface area contributed by atoms with Gasteiger partial charge in [-0.15, -0.1) is 0 Å². The highest BCUT2D eigenvalue weighted by atomic mass is 79.9. The Morgan fingerprint density at radius 2 is 1.79 bits per heavy atom. The topological polar surface area (TPSA) is 54.8 Å². The summed E-state index contributed by atoms with van der Waals surface area (Å²) in [5, 5.41) is 15.8. The van der Waals surface area contributed by atoms with E-state index >= 15 is 0 Å². The van der Waals surface area contributed by atoms with Gasteiger partial charge in [-0.05, 0) is 36.2 Å². The van der Waals surface area contributed by atoms with Crippen molar-refractivity contribution in [3.05, 3.63) is 50.9 Å². The molecule has 28 heavy (non-hydrogen) atoms. The standard InChI is InChI=1S/C22H27Br2N3O/c1-2-3-4-5-6-9-12-27-20-11-8-7-10-19(20)26-22(27)25-15-16-13-17(23)14-18(24)21(16)28/h7-8,10-11,13-14H,2-6,9,12,15H2,1H3,(H2,25,26,28). The van der Waals surface area contributed by atoms with Crippen LogP contribution in [0.1, 0.15) is 51.0 Å². The maximum atomic E-state index is 12.4. The third kappa shape index (κ3) is 5.29. The van der Waals surface area contributed by atoms with Crippen LogP contribution in [0, 0.1) is 0 Å². The van der Waals surface area contributed by atoms with Crippen molar-refractivity contribution in [2.75, 3.05) is 5.32 Å². The highest BCUT2D eigenvalue weighted by molar-refractivity contribution is 9.11. The minimum Gasteiger partial charge on any atom is -0.871 e. The van der Waals surface area contributed by atoms with Crippen LogP contribution >= 0.6 is 31.9 Å². The van der Waals surface area contributed by atoms with Gasteiger partial charge in [0.05, 0.1) is 13.1 Å². The molecule has 0 bridgehead atoms. The molecule has 0 radical (unpaired) electrons. The van der Waals surface area contributed by atoms with Gasteiger partial charge in [-0.3, -0.25) is 5.32 Å². The molecule has 0 saturated heterocycles. The molecule has 150 valence electrons. The lowest BCUT2D eigenvalue weighted by Crippen LogP contribution is -2.36. The Kier molecular flexibility index (Phi) is 7.80. The summed E-state index contributed by atoms with van der Waals surface area (Å²) in [5.74, 6) is 0.972. The minimum atomic E-state index is 0.0225. The molecule has 0 spiro atoms. The summed E-state index contributed by atoms with van der Waals surface area (Å²) in [6, 6.07) is 12.0. The highest BCUT2D eigenvalue weighted by Gasteiger charge is 2.17. The van der Waals surface area contributed by atoms with Crippen LogP contribution in [0.15, 0.2) is 45.3 Å². The number of H-pyrrole nitrogens is 1. The molecule has 0 aliphatic heterocycles. The number of fused-ring (bicyclic) bond motifs is 1. The average Bonchev–Trinajstić information content (AvgIpc) is 3.04. The number of benzene rings is 2. The van der Waals surface area contributed by atoms with Crippen LogP contribution in [0.4, 0.5) is 5.95 Å². The number of hydrogen-bond donors (Lipinski definition) is 2. The zero-order valence-corrected chi connectivity index (χ0v) is 19.4. The fourth-order valence-corrected chi connectivity index (χ4v) is 4.79. The summed E-state index contributed by atoms with van der Waals surface area (Å²) in [6.45, 7) is 3.68. The second-order valence-corrected chi connectivity index (χ2v) is 8.91. The molecule has 4 nitrogen and oxygen atoms in total. The lowest BCUT2D eigenvalue weighted by molar-refractivity contribution is -0.657. The summed E-state index contributed by atoms with van der Waals surface area (Å²) < 4.78 is 3.77. The first-order valence-electron chi connectivity index (χ1n) is 9.99. The minimum absolute atomic E-state index is 0.0225. The van der Waals surface area contributed by atoms with E-state index in [4.69, 9.17) is 0 Å². The molecule has 1 aromatic heterocycles. The SMILES string of the molecule is CCCCCCCC[n+]1c(NCc2cc(Br)cc(Br)c2[O-])[nH]c2ccccc21. The number of aromatic nitrogens is 2. The van der Waals surface area contributed by atoms with Crippen LogP contribution in [0.2, 0.25) is 0 Å². The first-order chi connectivity index (χ1) is 13.6. The second-order valence-electron chi connectivity index (χ2n) is 7.14. The number of unbranched alkanes of at least 4 members (excludes halogenated alkanes) is 5. The number of para-hydroxylation sites is 2. The summed E-state index contributed by atoms with van der Waals surface area (Å²) in [5.41, 5.74) is 3.02. The van der Waals surface area contributed by atoms with Gasteiger partial charge in [0.25, 0.3) is 0 Å². The summed E-state index contributed by atoms with van der Waals surface area (Å²) in [4.78, 5) is 3.47. The maximum Gasteiger partial charge on any atom is 0.356 e. The number of rotatable bonds is 10. The van der Waals surface area contributed by atoms with Crippen LogP contribution in [-0.2, 0) is 13.1 Å². The number of hydrogen-bond acceptors (Lipinski definition) is 2. The Hall–Kier alpha value is -1.53. The van der Waals surface area contributed by atoms with E-state index in [1.54, 1.807) is 6.07 Å². The molecule has 0 atom stereocenters. The fourth-order valence-electron chi connectivity index (χ4n) is 3.48. The molecule has 1 heterocycles. The average molecular weight is 509 g/mol. The van der Waals surface area contributed by atoms with Crippen molar-refractivity contribution >= 4 is 48.8 Å². The summed E-state index contributed by atoms with van der Waals surface area (Å²) >= 11 is 6.81. The zero-order chi connectivity index (χ0) is 19.9. The quantitative estimate of drug-likeness (QED) is 0.259. The predicted molar refractivity (Wildman–Crippen MR) is 120 cm³/mol. The third-order valence-corrected chi connectivity index (χ3v) is 6.03. The van der Waals surface area contributed by atoms with Crippen molar-refractivity contribution in [1.82, 2.24) is 4.98 Å². The normalized spacial score (nSPS) is 11.2. The molecule has 3 rings (SSSR count). The molecule has 0 aliphatic carbocycles. The van der Waals surface area contributed by atoms with E-state index in [0.717, 1.165) is 34.5 Å². The maximum absolute atomic E-state index is 12.4. The third-order valence-electron chi connectivity index (χ3n) is 4.98. The molecular weight excluding hydrogens is 482 g/mol. The number of halogens is 2. The largest absolute Gasteiger partial charge is 0.871 e. The molecule has 0 unspecified atom stereocenters. The van der Waals surface area contributed by atoms with Crippen molar-refractivity contribution in [3.63, 3.8) is 0 Å². The number of nitrogens with zero attached hydrogens (tertiary/aromatic N) is 1. The first-order valence-corrected chi connectivity index (χ1v) is 11.6. The number of nitrogens with one attached hydrogen (secondary N) is 2. The lowest BCUT2D eigenvalue weighted by Gasteiger charge is -2.15. The molecule has 0 saturated carbocycles. The van der Waals surface area contributed by atoms with Crippen molar-refractivity contribution in [1.29, 1.82) is 0 Å². The van der Waals surface area contributed by atoms with Crippen molar-refractivity contribution < 1.29 is 9.67 Å². The van der Waals surface area contributed by atoms with Crippen LogP contribution in [0.25, 0.3) is 11.0 Å². The molecule has 0 aliphatic rings. The summed E-state index contributed by atoms with van der Waals surface area (Å²) in [6.07, 6.45) is 7.62. The van der Waals surface area contributed by atoms with E-state index < -0.39 is 0 Å². The van der Waals surface area contributed by atoms with Gasteiger partial charge >= 0.3 is 5.95 Å². The van der Waals surface area contributed by atoms with Crippen LogP contribution in [-0.4, -0.2) is 4.98 Å². The van der Waals surface area contributed by atoms with Gasteiger partial charge in [0, 0.05) is 8.95 Å². The van der Waals surface area contributed by atoms with E-state index in [1.165, 1.54) is 37.6 Å². The van der Waals surface area contributed by atoms with Crippen LogP contribution < -0.4 is 15.0 Å². The van der Waals surface area contributed by atoms with E-state index in [0.29, 0.717) is 11.0 Å². The Labute approximate surface area is 183 Å². The predicted octanol–water partition coefficient (Wildman–Crippen LogP) is 6.03. The van der Waals surface area contributed by atoms with Gasteiger partial charge in [-0.25, -0.2) is 9.55 Å². The molecular formula is C22H27Br2N3O. The van der Waals surface area contributed by atoms with Gasteiger partial charge in [0.15, 0.2) is 0 Å². The monoisotopic (exact) mass is 507 g/mol. The van der Waals surface area contributed by atoms with Crippen molar-refractivity contribution in [2.45, 2.75) is 58.5 Å². The van der Waals surface area contributed by atoms with E-state index in [1.807, 2.05) is 12.1 Å². The van der Waals surface area contributed by atoms with Gasteiger partial charge in [0.1, 0.15) is 11.0 Å². The fraction of sp³-hybridized carbons (Fsp3) is 0.409. The Morgan fingerprint density at radius 1 is 1.04 bits per heavy atom. The molecule has 2 N–H and O–H groups in total. The Morgan fingerprint density at radius 3 is 2.61 bits per heavy atom. The van der Waals surface area contributed by atoms with Gasteiger partial charge in [-0.2, -0.15) is 0 Å². The van der Waals surface area contributed by atoms with Crippen molar-refractivity contribution in [2.24, 2.45) is 0 Å². The zero-order valence-electron chi connectivity index (χ0n) is 16.2. The molecule has 2 aromatic carbocycles. The number of imidazole rings is 1. The van der Waals surface area contributed by atoms with Crippen molar-refractivity contribution in [3.8, 4) is 5.75 Å². The summed E-state index contributed by atoms with van der Waals surface area (Å²) in [7, 11) is 0. The van der Waals surface area contributed by atoms with Gasteiger partial charge in [0.2, 0.25) is 0 Å². The number of aromatic amines is 1. The lowest BCUT2D eigenvalue weighted by atomic mass is 10.1. The smallest absolute Gasteiger partial charge is 0.356 e. The van der Waals surface area contributed by atoms with Gasteiger partial charge in [-0.1, -0.05) is 88.8 Å². The van der Waals surface area contributed by atoms with Crippen LogP contribution in [0.3, 0.4) is 0 Å². The Balaban J connectivity index is 1.73. The van der Waals surface area contributed by atoms with E-state index in [-0.39, 0.29) is 5.75 Å². The van der Waals surface area contributed by atoms with Gasteiger partial charge < -0.3 is 5.11 Å². The molecule has 0 amide bonds. The second kappa shape index (κ2) is 10.3. The number of aryl methyl sites for hydroxylation is 1. The molecule has 3 aromatic rings.